The molecule has 49 heavy (non-hydrogen) atoms. The standard InChI is InChI=1S/C34H62O12S3/c1-8-9-10-24(2)27-11-12-28-32-29(23-31(34(27,28)4)43-17-20-46-49(7,39)40)33(3)14-13-26(41-15-18-44-47(5,35)36)21-25(33)22-30(32)42-16-19-45-48(6,37)38/h24-32H,8-23H2,1-7H3/t24-,25-,26+,27+,28-,29-,30+,31-,32-,33-,34+/m0/s1. The third-order valence-corrected chi connectivity index (χ3v) is 14.4. The van der Waals surface area contributed by atoms with E-state index in [0.717, 1.165) is 76.6 Å². The fourth-order valence-corrected chi connectivity index (χ4v) is 11.6. The first-order valence-electron chi connectivity index (χ1n) is 18.2. The van der Waals surface area contributed by atoms with E-state index in [9.17, 15) is 25.3 Å². The van der Waals surface area contributed by atoms with Gasteiger partial charge in [-0.3, -0.25) is 12.5 Å². The van der Waals surface area contributed by atoms with Crippen molar-refractivity contribution in [3.63, 3.8) is 0 Å². The summed E-state index contributed by atoms with van der Waals surface area (Å²) in [5.41, 5.74) is -0.164. The van der Waals surface area contributed by atoms with Crippen LogP contribution in [0.2, 0.25) is 0 Å². The molecule has 4 saturated carbocycles. The predicted octanol–water partition coefficient (Wildman–Crippen LogP) is 4.78. The highest BCUT2D eigenvalue weighted by atomic mass is 32.2. The Morgan fingerprint density at radius 3 is 1.84 bits per heavy atom. The average molecular weight is 759 g/mol. The zero-order valence-electron chi connectivity index (χ0n) is 30.6. The summed E-state index contributed by atoms with van der Waals surface area (Å²) in [7, 11) is -10.7. The van der Waals surface area contributed by atoms with Crippen molar-refractivity contribution in [2.24, 2.45) is 46.3 Å². The molecule has 288 valence electrons. The Morgan fingerprint density at radius 2 is 1.27 bits per heavy atom. The van der Waals surface area contributed by atoms with E-state index in [1.165, 1.54) is 6.42 Å². The highest BCUT2D eigenvalue weighted by molar-refractivity contribution is 7.86. The fraction of sp³-hybridized carbons (Fsp3) is 1.00. The first-order valence-corrected chi connectivity index (χ1v) is 23.6. The molecule has 0 unspecified atom stereocenters. The average Bonchev–Trinajstić information content (AvgIpc) is 3.35. The lowest BCUT2D eigenvalue weighted by atomic mass is 9.43. The minimum Gasteiger partial charge on any atom is -0.376 e. The molecule has 0 bridgehead atoms. The second-order valence-electron chi connectivity index (χ2n) is 15.7. The molecule has 4 aliphatic carbocycles. The van der Waals surface area contributed by atoms with Crippen LogP contribution in [0.5, 0.6) is 0 Å². The van der Waals surface area contributed by atoms with Crippen molar-refractivity contribution in [3.05, 3.63) is 0 Å². The molecule has 0 aromatic rings. The number of ether oxygens (including phenoxy) is 3. The zero-order valence-corrected chi connectivity index (χ0v) is 33.1. The normalized spacial score (nSPS) is 37.3. The third-order valence-electron chi connectivity index (χ3n) is 12.6. The van der Waals surface area contributed by atoms with Crippen LogP contribution < -0.4 is 0 Å². The minimum absolute atomic E-state index is 0.0188. The van der Waals surface area contributed by atoms with Gasteiger partial charge in [-0.25, -0.2) is 0 Å². The largest absolute Gasteiger partial charge is 0.376 e. The third kappa shape index (κ3) is 10.6. The molecule has 15 heteroatoms. The van der Waals surface area contributed by atoms with Crippen LogP contribution in [0.1, 0.15) is 91.9 Å². The molecule has 0 saturated heterocycles. The Bertz CT molecular complexity index is 1400. The van der Waals surface area contributed by atoms with Crippen molar-refractivity contribution >= 4 is 30.4 Å². The molecule has 0 aromatic heterocycles. The Hall–Kier alpha value is -0.390. The smallest absolute Gasteiger partial charge is 0.264 e. The summed E-state index contributed by atoms with van der Waals surface area (Å²) >= 11 is 0. The van der Waals surface area contributed by atoms with Gasteiger partial charge in [0.1, 0.15) is 0 Å². The van der Waals surface area contributed by atoms with Crippen LogP contribution in [-0.2, 0) is 57.1 Å². The van der Waals surface area contributed by atoms with E-state index >= 15 is 0 Å². The van der Waals surface area contributed by atoms with Crippen LogP contribution in [0.4, 0.5) is 0 Å². The van der Waals surface area contributed by atoms with E-state index in [4.69, 9.17) is 26.8 Å². The molecule has 0 heterocycles. The maximum absolute atomic E-state index is 11.7. The van der Waals surface area contributed by atoms with E-state index < -0.39 is 30.4 Å². The lowest BCUT2D eigenvalue weighted by molar-refractivity contribution is -0.229. The molecule has 0 amide bonds. The molecule has 4 aliphatic rings. The van der Waals surface area contributed by atoms with Crippen molar-refractivity contribution in [1.82, 2.24) is 0 Å². The first kappa shape index (κ1) is 41.4. The van der Waals surface area contributed by atoms with Gasteiger partial charge in [0.2, 0.25) is 0 Å². The summed E-state index contributed by atoms with van der Waals surface area (Å²) in [6.07, 6.45) is 12.8. The van der Waals surface area contributed by atoms with Crippen LogP contribution in [0.15, 0.2) is 0 Å². The van der Waals surface area contributed by atoms with Gasteiger partial charge in [-0.15, -0.1) is 0 Å². The second kappa shape index (κ2) is 16.7. The number of unbranched alkanes of at least 4 members (excludes halogenated alkanes) is 1. The van der Waals surface area contributed by atoms with E-state index in [-0.39, 0.29) is 86.5 Å². The van der Waals surface area contributed by atoms with E-state index in [1.807, 2.05) is 0 Å². The monoisotopic (exact) mass is 758 g/mol. The summed E-state index contributed by atoms with van der Waals surface area (Å²) in [6, 6.07) is 0. The van der Waals surface area contributed by atoms with Gasteiger partial charge < -0.3 is 14.2 Å². The van der Waals surface area contributed by atoms with Crippen LogP contribution in [-0.4, -0.2) is 102 Å². The minimum atomic E-state index is -3.59. The molecule has 4 rings (SSSR count). The van der Waals surface area contributed by atoms with Crippen molar-refractivity contribution in [2.75, 3.05) is 58.4 Å². The van der Waals surface area contributed by atoms with E-state index in [2.05, 4.69) is 27.7 Å². The number of hydrogen-bond donors (Lipinski definition) is 0. The van der Waals surface area contributed by atoms with Gasteiger partial charge in [0.05, 0.1) is 76.7 Å². The maximum Gasteiger partial charge on any atom is 0.264 e. The van der Waals surface area contributed by atoms with Crippen molar-refractivity contribution in [3.8, 4) is 0 Å². The molecular formula is C34H62O12S3. The summed E-state index contributed by atoms with van der Waals surface area (Å²) in [5.74, 6) is 2.07. The molecule has 0 spiro atoms. The van der Waals surface area contributed by atoms with Crippen molar-refractivity contribution < 1.29 is 52.0 Å². The van der Waals surface area contributed by atoms with Crippen LogP contribution in [0.25, 0.3) is 0 Å². The van der Waals surface area contributed by atoms with Gasteiger partial charge >= 0.3 is 0 Å². The lowest BCUT2D eigenvalue weighted by Gasteiger charge is -2.64. The molecule has 0 N–H and O–H groups in total. The predicted molar refractivity (Wildman–Crippen MR) is 186 cm³/mol. The number of hydrogen-bond acceptors (Lipinski definition) is 12. The zero-order chi connectivity index (χ0) is 36.3. The highest BCUT2D eigenvalue weighted by Crippen LogP contribution is 2.69. The van der Waals surface area contributed by atoms with E-state index in [1.54, 1.807) is 0 Å². The van der Waals surface area contributed by atoms with Gasteiger partial charge in [-0.1, -0.05) is 47.0 Å². The molecule has 12 nitrogen and oxygen atoms in total. The SMILES string of the molecule is CCCC[C@H](C)[C@H]1CC[C@H]2[C@@H]3[C@H](OCCOS(C)(=O)=O)C[C@@H]4C[C@H](OCCOS(C)(=O)=O)CC[C@]4(C)[C@H]3C[C@H](OCCOS(C)(=O)=O)[C@]12C. The van der Waals surface area contributed by atoms with Gasteiger partial charge in [-0.2, -0.15) is 25.3 Å². The van der Waals surface area contributed by atoms with Gasteiger partial charge in [-0.05, 0) is 85.9 Å². The summed E-state index contributed by atoms with van der Waals surface area (Å²) in [6.45, 7) is 9.90. The molecule has 11 atom stereocenters. The fourth-order valence-electron chi connectivity index (χ4n) is 10.5. The first-order chi connectivity index (χ1) is 22.8. The molecule has 0 aliphatic heterocycles. The molecule has 0 radical (unpaired) electrons. The summed E-state index contributed by atoms with van der Waals surface area (Å²) < 4.78 is 104. The second-order valence-corrected chi connectivity index (χ2v) is 20.7. The van der Waals surface area contributed by atoms with Crippen LogP contribution in [0.3, 0.4) is 0 Å². The maximum atomic E-state index is 11.7. The lowest BCUT2D eigenvalue weighted by Crippen LogP contribution is -2.63. The quantitative estimate of drug-likeness (QED) is 0.131. The number of fused-ring (bicyclic) bond motifs is 5. The van der Waals surface area contributed by atoms with Gasteiger partial charge in [0, 0.05) is 5.41 Å². The van der Waals surface area contributed by atoms with Crippen molar-refractivity contribution in [1.29, 1.82) is 0 Å². The summed E-state index contributed by atoms with van der Waals surface area (Å²) in [4.78, 5) is 0. The Morgan fingerprint density at radius 1 is 0.694 bits per heavy atom. The molecule has 0 aromatic carbocycles. The Balaban J connectivity index is 1.62. The van der Waals surface area contributed by atoms with Gasteiger partial charge in [0.15, 0.2) is 0 Å². The van der Waals surface area contributed by atoms with Crippen LogP contribution >= 0.6 is 0 Å². The topological polar surface area (TPSA) is 158 Å². The molecule has 4 fully saturated rings. The Kier molecular flexibility index (Phi) is 14.1. The van der Waals surface area contributed by atoms with Gasteiger partial charge in [0.25, 0.3) is 30.4 Å². The van der Waals surface area contributed by atoms with Crippen LogP contribution in [0, 0.1) is 46.3 Å². The Labute approximate surface area is 296 Å². The summed E-state index contributed by atoms with van der Waals surface area (Å²) in [5, 5.41) is 0. The highest BCUT2D eigenvalue weighted by Gasteiger charge is 2.66. The number of rotatable bonds is 19. The molecular weight excluding hydrogens is 697 g/mol. The van der Waals surface area contributed by atoms with Crippen molar-refractivity contribution in [2.45, 2.75) is 110 Å². The van der Waals surface area contributed by atoms with E-state index in [0.29, 0.717) is 17.8 Å².